The highest BCUT2D eigenvalue weighted by atomic mass is 19.4. The number of carboxylic acids is 2. The largest absolute Gasteiger partial charge is 0.490 e. The van der Waals surface area contributed by atoms with E-state index in [0.717, 1.165) is 10.8 Å². The molecule has 1 aliphatic rings. The van der Waals surface area contributed by atoms with Crippen LogP contribution >= 0.6 is 0 Å². The van der Waals surface area contributed by atoms with E-state index in [2.05, 4.69) is 11.1 Å². The van der Waals surface area contributed by atoms with Crippen LogP contribution in [0.15, 0.2) is 36.4 Å². The molecule has 0 aromatic heterocycles. The molecule has 8 N–H and O–H groups in total. The first-order valence-corrected chi connectivity index (χ1v) is 12.5. The van der Waals surface area contributed by atoms with E-state index >= 15 is 0 Å². The molecule has 0 bridgehead atoms. The molecule has 266 valence electrons. The number of alkyl halides is 12. The fourth-order valence-corrected chi connectivity index (χ4v) is 3.43. The van der Waals surface area contributed by atoms with Gasteiger partial charge in [0, 0.05) is 5.69 Å². The third-order valence-corrected chi connectivity index (χ3v) is 5.50. The lowest BCUT2D eigenvalue weighted by Gasteiger charge is -2.22. The number of amides is 1. The topological polar surface area (TPSA) is 185 Å². The average molecular weight is 706 g/mol. The van der Waals surface area contributed by atoms with Crippen molar-refractivity contribution >= 4 is 40.1 Å². The molecule has 0 saturated heterocycles. The van der Waals surface area contributed by atoms with Crippen LogP contribution in [0.5, 0.6) is 0 Å². The maximum atomic E-state index is 12.9. The molecule has 1 unspecified atom stereocenters. The molecule has 0 radical (unpaired) electrons. The van der Waals surface area contributed by atoms with Crippen LogP contribution < -0.4 is 22.1 Å². The lowest BCUT2D eigenvalue weighted by molar-refractivity contribution is -0.193. The molecule has 3 atom stereocenters. The van der Waals surface area contributed by atoms with Gasteiger partial charge in [0.1, 0.15) is 12.6 Å². The van der Waals surface area contributed by atoms with E-state index in [1.54, 1.807) is 19.1 Å². The molecule has 10 nitrogen and oxygen atoms in total. The molecule has 0 aliphatic carbocycles. The number of carbonyl (C=O) groups is 4. The lowest BCUT2D eigenvalue weighted by Crippen LogP contribution is -2.48. The third kappa shape index (κ3) is 14.7. The van der Waals surface area contributed by atoms with Crippen LogP contribution in [0.3, 0.4) is 0 Å². The summed E-state index contributed by atoms with van der Waals surface area (Å²) in [6, 6.07) is 8.96. The summed E-state index contributed by atoms with van der Waals surface area (Å²) in [4.78, 5) is 43.2. The number of ketones is 1. The second-order valence-corrected chi connectivity index (χ2v) is 9.02. The van der Waals surface area contributed by atoms with E-state index in [-0.39, 0.29) is 5.78 Å². The number of hydrogen-bond acceptors (Lipinski definition) is 7. The van der Waals surface area contributed by atoms with Gasteiger partial charge in [0.05, 0.1) is 18.5 Å². The molecule has 2 aromatic carbocycles. The van der Waals surface area contributed by atoms with Crippen LogP contribution in [0.1, 0.15) is 24.8 Å². The van der Waals surface area contributed by atoms with Crippen molar-refractivity contribution < 1.29 is 82.1 Å². The summed E-state index contributed by atoms with van der Waals surface area (Å²) in [7, 11) is 0. The molecule has 2 aromatic rings. The molecule has 0 spiro atoms. The first-order chi connectivity index (χ1) is 21.2. The Labute approximate surface area is 256 Å². The van der Waals surface area contributed by atoms with Crippen molar-refractivity contribution in [2.45, 2.75) is 56.1 Å². The molecule has 22 heteroatoms. The Morgan fingerprint density at radius 3 is 1.66 bits per heavy atom. The van der Waals surface area contributed by atoms with Gasteiger partial charge in [-0.25, -0.2) is 9.59 Å². The van der Waals surface area contributed by atoms with Gasteiger partial charge in [0.2, 0.25) is 5.91 Å². The zero-order valence-corrected chi connectivity index (χ0v) is 23.5. The highest BCUT2D eigenvalue weighted by Crippen LogP contribution is 2.42. The van der Waals surface area contributed by atoms with Crippen molar-refractivity contribution in [3.05, 3.63) is 42.0 Å². The third-order valence-electron chi connectivity index (χ3n) is 5.50. The number of fused-ring (bicyclic) bond motifs is 3. The quantitative estimate of drug-likeness (QED) is 0.244. The van der Waals surface area contributed by atoms with Crippen molar-refractivity contribution in [2.24, 2.45) is 11.5 Å². The van der Waals surface area contributed by atoms with Gasteiger partial charge in [-0.3, -0.25) is 9.59 Å². The van der Waals surface area contributed by atoms with Crippen molar-refractivity contribution in [3.63, 3.8) is 0 Å². The summed E-state index contributed by atoms with van der Waals surface area (Å²) in [6.07, 6.45) is -18.5. The van der Waals surface area contributed by atoms with Gasteiger partial charge in [-0.15, -0.1) is 0 Å². The zero-order chi connectivity index (χ0) is 37.1. The van der Waals surface area contributed by atoms with Gasteiger partial charge in [-0.05, 0) is 28.8 Å². The number of nitrogens with two attached hydrogens (primary N) is 2. The fraction of sp³-hybridized carbons (Fsp3) is 0.440. The summed E-state index contributed by atoms with van der Waals surface area (Å²) in [5.74, 6) is -7.71. The maximum absolute atomic E-state index is 12.9. The van der Waals surface area contributed by atoms with Crippen LogP contribution in [0.2, 0.25) is 0 Å². The molecule has 0 saturated carbocycles. The number of benzene rings is 2. The molecule has 1 amide bonds. The van der Waals surface area contributed by atoms with E-state index in [9.17, 15) is 62.3 Å². The van der Waals surface area contributed by atoms with E-state index in [1.165, 1.54) is 0 Å². The number of halogens is 12. The SMILES string of the molecule is CC[C@H](N)C(=O)C1c2c(ccc3ccccc23)N[C@@H]1C(=O)NCC(F)(F)F.NCC(F)(F)F.O=C(O)C(F)(F)F.O=C(O)C(F)(F)F. The number of Topliss-reactive ketones (excluding diaryl/α,β-unsaturated/α-hetero) is 1. The van der Waals surface area contributed by atoms with Crippen LogP contribution in [0.4, 0.5) is 58.4 Å². The van der Waals surface area contributed by atoms with Crippen molar-refractivity contribution in [2.75, 3.05) is 18.4 Å². The van der Waals surface area contributed by atoms with Gasteiger partial charge in [-0.1, -0.05) is 37.3 Å². The summed E-state index contributed by atoms with van der Waals surface area (Å²) < 4.78 is 133. The van der Waals surface area contributed by atoms with E-state index in [1.807, 2.05) is 29.6 Å². The molecular formula is C25H26F12N4O6. The Morgan fingerprint density at radius 1 is 0.830 bits per heavy atom. The van der Waals surface area contributed by atoms with Crippen LogP contribution in [0.25, 0.3) is 10.8 Å². The number of nitrogens with one attached hydrogen (secondary N) is 2. The van der Waals surface area contributed by atoms with Crippen LogP contribution in [-0.2, 0) is 19.2 Å². The number of aliphatic carboxylic acids is 2. The van der Waals surface area contributed by atoms with Gasteiger partial charge >= 0.3 is 36.6 Å². The Balaban J connectivity index is 0.000000861. The molecule has 1 heterocycles. The fourth-order valence-electron chi connectivity index (χ4n) is 3.43. The van der Waals surface area contributed by atoms with Gasteiger partial charge in [0.15, 0.2) is 5.78 Å². The van der Waals surface area contributed by atoms with Crippen molar-refractivity contribution in [1.82, 2.24) is 5.32 Å². The Bertz CT molecular complexity index is 1350. The van der Waals surface area contributed by atoms with Crippen molar-refractivity contribution in [1.29, 1.82) is 0 Å². The minimum atomic E-state index is -5.08. The minimum absolute atomic E-state index is 0.367. The highest BCUT2D eigenvalue weighted by Gasteiger charge is 2.44. The summed E-state index contributed by atoms with van der Waals surface area (Å²) in [5, 5.41) is 20.7. The lowest BCUT2D eigenvalue weighted by atomic mass is 9.84. The summed E-state index contributed by atoms with van der Waals surface area (Å²) >= 11 is 0. The van der Waals surface area contributed by atoms with Gasteiger partial charge < -0.3 is 32.3 Å². The predicted molar refractivity (Wildman–Crippen MR) is 139 cm³/mol. The molecule has 0 fully saturated rings. The van der Waals surface area contributed by atoms with E-state index < -0.39 is 73.6 Å². The monoisotopic (exact) mass is 706 g/mol. The normalized spacial score (nSPS) is 16.4. The van der Waals surface area contributed by atoms with E-state index in [4.69, 9.17) is 25.5 Å². The number of carbonyl (C=O) groups excluding carboxylic acids is 2. The van der Waals surface area contributed by atoms with Crippen LogP contribution in [-0.4, -0.2) is 83.7 Å². The summed E-state index contributed by atoms with van der Waals surface area (Å²) in [6.45, 7) is -0.942. The minimum Gasteiger partial charge on any atom is -0.475 e. The zero-order valence-electron chi connectivity index (χ0n) is 23.5. The Hall–Kier alpha value is -4.34. The van der Waals surface area contributed by atoms with Crippen molar-refractivity contribution in [3.8, 4) is 0 Å². The van der Waals surface area contributed by atoms with Gasteiger partial charge in [-0.2, -0.15) is 52.7 Å². The first-order valence-electron chi connectivity index (χ1n) is 12.5. The van der Waals surface area contributed by atoms with Crippen LogP contribution in [0, 0.1) is 0 Å². The van der Waals surface area contributed by atoms with Gasteiger partial charge in [0.25, 0.3) is 0 Å². The molecule has 3 rings (SSSR count). The maximum Gasteiger partial charge on any atom is 0.490 e. The molecular weight excluding hydrogens is 680 g/mol. The highest BCUT2D eigenvalue weighted by molar-refractivity contribution is 6.06. The summed E-state index contributed by atoms with van der Waals surface area (Å²) in [5.41, 5.74) is 11.3. The molecule has 1 aliphatic heterocycles. The Morgan fingerprint density at radius 2 is 1.28 bits per heavy atom. The average Bonchev–Trinajstić information content (AvgIpc) is 3.34. The number of hydrogen-bond donors (Lipinski definition) is 6. The predicted octanol–water partition coefficient (Wildman–Crippen LogP) is 4.48. The standard InChI is InChI=1S/C19H20F3N3O2.C2H4F3N.2C2HF3O2/c1-2-12(23)17(26)15-14-11-6-4-3-5-10(11)7-8-13(14)25-16(15)18(27)24-9-19(20,21)22;3-2(4,5)1-6;2*3-2(4,5)1(6)7/h3-8,12,15-16,25H,2,9,23H2,1H3,(H,24,27);1,6H2;2*(H,6,7)/t12-,15?,16-;;;/m0.../s1. The first kappa shape index (κ1) is 42.7. The number of carboxylic acid groups (broad SMARTS) is 2. The van der Waals surface area contributed by atoms with E-state index in [0.29, 0.717) is 17.7 Å². The second kappa shape index (κ2) is 17.0. The molecule has 47 heavy (non-hydrogen) atoms. The second-order valence-electron chi connectivity index (χ2n) is 9.02. The smallest absolute Gasteiger partial charge is 0.475 e. The number of rotatable bonds is 5. The Kier molecular flexibility index (Phi) is 15.4. The number of anilines is 1.